The molecule has 90 valence electrons. The second-order valence-corrected chi connectivity index (χ2v) is 4.62. The van der Waals surface area contributed by atoms with Gasteiger partial charge in [0.1, 0.15) is 5.82 Å². The second kappa shape index (κ2) is 4.61. The molecule has 1 atom stereocenters. The molecule has 1 unspecified atom stereocenters. The predicted molar refractivity (Wildman–Crippen MR) is 66.9 cm³/mol. The van der Waals surface area contributed by atoms with Gasteiger partial charge in [-0.15, -0.1) is 0 Å². The molecule has 1 N–H and O–H groups in total. The first-order valence-corrected chi connectivity index (χ1v) is 6.24. The monoisotopic (exact) mass is 238 g/mol. The van der Waals surface area contributed by atoms with Crippen LogP contribution < -0.4 is 0 Å². The van der Waals surface area contributed by atoms with Gasteiger partial charge in [-0.1, -0.05) is 24.3 Å². The molecule has 0 aliphatic heterocycles. The first-order chi connectivity index (χ1) is 8.88. The first-order valence-electron chi connectivity index (χ1n) is 6.24. The van der Waals surface area contributed by atoms with Gasteiger partial charge in [0.15, 0.2) is 5.82 Å². The SMILES string of the molecule is N#CCc1nc(C2CCCc3ccccc32)n[nH]1. The Balaban J connectivity index is 1.95. The Labute approximate surface area is 106 Å². The van der Waals surface area contributed by atoms with Gasteiger partial charge in [0.2, 0.25) is 0 Å². The van der Waals surface area contributed by atoms with E-state index in [0.29, 0.717) is 12.2 Å². The molecule has 1 aliphatic carbocycles. The maximum atomic E-state index is 8.66. The molecule has 0 fully saturated rings. The summed E-state index contributed by atoms with van der Waals surface area (Å²) >= 11 is 0. The van der Waals surface area contributed by atoms with Crippen molar-refractivity contribution in [2.24, 2.45) is 0 Å². The Hall–Kier alpha value is -2.15. The minimum Gasteiger partial charge on any atom is -0.262 e. The van der Waals surface area contributed by atoms with Gasteiger partial charge >= 0.3 is 0 Å². The van der Waals surface area contributed by atoms with E-state index in [9.17, 15) is 0 Å². The second-order valence-electron chi connectivity index (χ2n) is 4.62. The molecular weight excluding hydrogens is 224 g/mol. The molecule has 0 saturated carbocycles. The highest BCUT2D eigenvalue weighted by atomic mass is 15.2. The number of H-pyrrole nitrogens is 1. The van der Waals surface area contributed by atoms with E-state index in [2.05, 4.69) is 45.5 Å². The average molecular weight is 238 g/mol. The zero-order chi connectivity index (χ0) is 12.4. The quantitative estimate of drug-likeness (QED) is 0.873. The Morgan fingerprint density at radius 1 is 1.39 bits per heavy atom. The highest BCUT2D eigenvalue weighted by Crippen LogP contribution is 2.34. The molecule has 2 aromatic rings. The van der Waals surface area contributed by atoms with Crippen molar-refractivity contribution in [1.82, 2.24) is 15.2 Å². The van der Waals surface area contributed by atoms with Crippen molar-refractivity contribution >= 4 is 0 Å². The predicted octanol–water partition coefficient (Wildman–Crippen LogP) is 2.34. The third kappa shape index (κ3) is 1.88. The summed E-state index contributed by atoms with van der Waals surface area (Å²) < 4.78 is 0. The van der Waals surface area contributed by atoms with Crippen LogP contribution in [0.3, 0.4) is 0 Å². The van der Waals surface area contributed by atoms with Gasteiger partial charge in [0.25, 0.3) is 0 Å². The van der Waals surface area contributed by atoms with Crippen LogP contribution in [0.1, 0.15) is 41.5 Å². The van der Waals surface area contributed by atoms with Crippen molar-refractivity contribution in [3.63, 3.8) is 0 Å². The third-order valence-electron chi connectivity index (χ3n) is 3.48. The number of fused-ring (bicyclic) bond motifs is 1. The number of benzene rings is 1. The molecule has 4 heteroatoms. The molecule has 4 nitrogen and oxygen atoms in total. The van der Waals surface area contributed by atoms with E-state index in [1.165, 1.54) is 17.5 Å². The van der Waals surface area contributed by atoms with E-state index < -0.39 is 0 Å². The van der Waals surface area contributed by atoms with Crippen LogP contribution in [0.5, 0.6) is 0 Å². The number of hydrogen-bond donors (Lipinski definition) is 1. The number of rotatable bonds is 2. The molecule has 1 aliphatic rings. The molecule has 0 saturated heterocycles. The lowest BCUT2D eigenvalue weighted by Gasteiger charge is -2.22. The fourth-order valence-corrected chi connectivity index (χ4v) is 2.64. The summed E-state index contributed by atoms with van der Waals surface area (Å²) in [5.74, 6) is 1.77. The lowest BCUT2D eigenvalue weighted by Crippen LogP contribution is -2.12. The third-order valence-corrected chi connectivity index (χ3v) is 3.48. The number of aromatic nitrogens is 3. The van der Waals surface area contributed by atoms with E-state index in [0.717, 1.165) is 18.7 Å². The lowest BCUT2D eigenvalue weighted by molar-refractivity contribution is 0.592. The number of nitrogens with one attached hydrogen (secondary N) is 1. The van der Waals surface area contributed by atoms with Crippen LogP contribution in [0.15, 0.2) is 24.3 Å². The summed E-state index contributed by atoms with van der Waals surface area (Å²) in [6, 6.07) is 10.6. The Bertz CT molecular complexity index is 594. The van der Waals surface area contributed by atoms with Gasteiger partial charge < -0.3 is 0 Å². The zero-order valence-corrected chi connectivity index (χ0v) is 10.1. The minimum absolute atomic E-state index is 0.277. The topological polar surface area (TPSA) is 65.4 Å². The van der Waals surface area contributed by atoms with Crippen LogP contribution in [0.25, 0.3) is 0 Å². The number of nitrogens with zero attached hydrogens (tertiary/aromatic N) is 3. The molecule has 0 radical (unpaired) electrons. The van der Waals surface area contributed by atoms with Gasteiger partial charge in [-0.25, -0.2) is 4.98 Å². The van der Waals surface area contributed by atoms with Crippen LogP contribution in [0, 0.1) is 11.3 Å². The van der Waals surface area contributed by atoms with E-state index in [1.54, 1.807) is 0 Å². The van der Waals surface area contributed by atoms with Gasteiger partial charge in [0.05, 0.1) is 12.5 Å². The molecule has 1 heterocycles. The van der Waals surface area contributed by atoms with Gasteiger partial charge in [-0.3, -0.25) is 5.10 Å². The highest BCUT2D eigenvalue weighted by Gasteiger charge is 2.24. The van der Waals surface area contributed by atoms with E-state index in [-0.39, 0.29) is 5.92 Å². The number of hydrogen-bond acceptors (Lipinski definition) is 3. The molecule has 0 amide bonds. The summed E-state index contributed by atoms with van der Waals surface area (Å²) in [6.07, 6.45) is 3.69. The van der Waals surface area contributed by atoms with E-state index in [1.807, 2.05) is 0 Å². The standard InChI is InChI=1S/C14H14N4/c15-9-8-13-16-14(18-17-13)12-7-3-5-10-4-1-2-6-11(10)12/h1-2,4,6,12H,3,5,7-8H2,(H,16,17,18). The van der Waals surface area contributed by atoms with Gasteiger partial charge in [-0.05, 0) is 30.4 Å². The van der Waals surface area contributed by atoms with Crippen molar-refractivity contribution in [3.05, 3.63) is 47.0 Å². The lowest BCUT2D eigenvalue weighted by atomic mass is 9.82. The van der Waals surface area contributed by atoms with Crippen molar-refractivity contribution in [2.75, 3.05) is 0 Å². The summed E-state index contributed by atoms with van der Waals surface area (Å²) in [5.41, 5.74) is 2.74. The van der Waals surface area contributed by atoms with Crippen LogP contribution in [-0.2, 0) is 12.8 Å². The van der Waals surface area contributed by atoms with Crippen molar-refractivity contribution in [1.29, 1.82) is 5.26 Å². The number of aryl methyl sites for hydroxylation is 1. The van der Waals surface area contributed by atoms with Gasteiger partial charge in [-0.2, -0.15) is 10.4 Å². The van der Waals surface area contributed by atoms with Crippen molar-refractivity contribution < 1.29 is 0 Å². The molecule has 1 aromatic heterocycles. The fraction of sp³-hybridized carbons (Fsp3) is 0.357. The van der Waals surface area contributed by atoms with Gasteiger partial charge in [0, 0.05) is 5.92 Å². The summed E-state index contributed by atoms with van der Waals surface area (Å²) in [5, 5.41) is 15.8. The molecule has 18 heavy (non-hydrogen) atoms. The van der Waals surface area contributed by atoms with Crippen LogP contribution in [0.2, 0.25) is 0 Å². The average Bonchev–Trinajstić information content (AvgIpc) is 2.87. The molecule has 1 aromatic carbocycles. The maximum absolute atomic E-state index is 8.66. The van der Waals surface area contributed by atoms with Crippen LogP contribution >= 0.6 is 0 Å². The molecule has 0 spiro atoms. The Kier molecular flexibility index (Phi) is 2.81. The zero-order valence-electron chi connectivity index (χ0n) is 10.1. The molecule has 0 bridgehead atoms. The normalized spacial score (nSPS) is 18.1. The maximum Gasteiger partial charge on any atom is 0.158 e. The summed E-state index contributed by atoms with van der Waals surface area (Å²) in [6.45, 7) is 0. The number of aromatic amines is 1. The van der Waals surface area contributed by atoms with E-state index >= 15 is 0 Å². The summed E-state index contributed by atoms with van der Waals surface area (Å²) in [7, 11) is 0. The van der Waals surface area contributed by atoms with Crippen molar-refractivity contribution in [3.8, 4) is 6.07 Å². The largest absolute Gasteiger partial charge is 0.262 e. The Morgan fingerprint density at radius 2 is 2.28 bits per heavy atom. The first kappa shape index (κ1) is 11.0. The van der Waals surface area contributed by atoms with Crippen molar-refractivity contribution in [2.45, 2.75) is 31.6 Å². The summed E-state index contributed by atoms with van der Waals surface area (Å²) in [4.78, 5) is 4.43. The van der Waals surface area contributed by atoms with E-state index in [4.69, 9.17) is 5.26 Å². The van der Waals surface area contributed by atoms with Crippen LogP contribution in [0.4, 0.5) is 0 Å². The fourth-order valence-electron chi connectivity index (χ4n) is 2.64. The minimum atomic E-state index is 0.277. The molecular formula is C14H14N4. The number of nitriles is 1. The Morgan fingerprint density at radius 3 is 3.17 bits per heavy atom. The molecule has 3 rings (SSSR count). The van der Waals surface area contributed by atoms with Crippen LogP contribution in [-0.4, -0.2) is 15.2 Å². The smallest absolute Gasteiger partial charge is 0.158 e. The highest BCUT2D eigenvalue weighted by molar-refractivity contribution is 5.36.